The fourth-order valence-corrected chi connectivity index (χ4v) is 3.26. The number of carbonyl (C=O) groups is 1. The number of thiophene rings is 1. The molecule has 27 heavy (non-hydrogen) atoms. The van der Waals surface area contributed by atoms with Crippen LogP contribution in [0.5, 0.6) is 11.5 Å². The number of allylic oxidation sites excluding steroid dienone is 1. The number of aromatic nitrogens is 1. The molecule has 1 aromatic carbocycles. The number of rotatable bonds is 7. The molecular formula is C20H20N2O4S. The highest BCUT2D eigenvalue weighted by atomic mass is 32.1. The number of nitrogens with one attached hydrogen (secondary N) is 1. The first-order valence-corrected chi connectivity index (χ1v) is 9.19. The molecule has 6 nitrogen and oxygen atoms in total. The van der Waals surface area contributed by atoms with E-state index in [9.17, 15) is 4.79 Å². The first-order chi connectivity index (χ1) is 13.2. The molecule has 0 fully saturated rings. The second kappa shape index (κ2) is 8.55. The van der Waals surface area contributed by atoms with E-state index < -0.39 is 0 Å². The van der Waals surface area contributed by atoms with Crippen LogP contribution in [0.25, 0.3) is 16.8 Å². The van der Waals surface area contributed by atoms with Crippen LogP contribution >= 0.6 is 11.3 Å². The molecule has 0 bridgehead atoms. The molecule has 0 aliphatic heterocycles. The molecule has 3 aromatic rings. The predicted molar refractivity (Wildman–Crippen MR) is 105 cm³/mol. The molecule has 1 N–H and O–H groups in total. The molecule has 0 spiro atoms. The van der Waals surface area contributed by atoms with E-state index in [0.717, 1.165) is 10.4 Å². The van der Waals surface area contributed by atoms with Crippen molar-refractivity contribution >= 4 is 23.3 Å². The number of amides is 1. The second-order valence-corrected chi connectivity index (χ2v) is 6.55. The van der Waals surface area contributed by atoms with E-state index >= 15 is 0 Å². The molecule has 2 heterocycles. The van der Waals surface area contributed by atoms with Crippen molar-refractivity contribution in [3.05, 3.63) is 58.8 Å². The van der Waals surface area contributed by atoms with Gasteiger partial charge in [0.15, 0.2) is 11.5 Å². The Labute approximate surface area is 161 Å². The van der Waals surface area contributed by atoms with Gasteiger partial charge in [-0.1, -0.05) is 18.2 Å². The summed E-state index contributed by atoms with van der Waals surface area (Å²) in [7, 11) is 3.11. The zero-order chi connectivity index (χ0) is 19.2. The van der Waals surface area contributed by atoms with Crippen LogP contribution in [0.15, 0.2) is 46.4 Å². The summed E-state index contributed by atoms with van der Waals surface area (Å²) in [5.41, 5.74) is 1.90. The lowest BCUT2D eigenvalue weighted by atomic mass is 10.1. The summed E-state index contributed by atoms with van der Waals surface area (Å²) >= 11 is 1.55. The molecule has 7 heteroatoms. The summed E-state index contributed by atoms with van der Waals surface area (Å²) in [5, 5.41) is 4.81. The van der Waals surface area contributed by atoms with Gasteiger partial charge in [0.2, 0.25) is 5.89 Å². The van der Waals surface area contributed by atoms with Gasteiger partial charge in [0.1, 0.15) is 6.26 Å². The zero-order valence-electron chi connectivity index (χ0n) is 15.3. The molecule has 0 saturated heterocycles. The Morgan fingerprint density at radius 2 is 2.19 bits per heavy atom. The van der Waals surface area contributed by atoms with Crippen LogP contribution in [0, 0.1) is 0 Å². The van der Waals surface area contributed by atoms with Gasteiger partial charge in [-0.05, 0) is 30.5 Å². The van der Waals surface area contributed by atoms with E-state index in [1.807, 2.05) is 36.6 Å². The van der Waals surface area contributed by atoms with Gasteiger partial charge in [-0.25, -0.2) is 4.98 Å². The van der Waals surface area contributed by atoms with Crippen LogP contribution < -0.4 is 14.8 Å². The minimum Gasteiger partial charge on any atom is -0.493 e. The van der Waals surface area contributed by atoms with Crippen LogP contribution in [-0.2, 0) is 6.54 Å². The topological polar surface area (TPSA) is 73.6 Å². The average Bonchev–Trinajstić information content (AvgIpc) is 3.37. The van der Waals surface area contributed by atoms with E-state index in [1.165, 1.54) is 0 Å². The highest BCUT2D eigenvalue weighted by Gasteiger charge is 2.15. The van der Waals surface area contributed by atoms with Crippen molar-refractivity contribution in [2.75, 3.05) is 14.2 Å². The molecule has 0 saturated carbocycles. The first kappa shape index (κ1) is 18.7. The van der Waals surface area contributed by atoms with Crippen molar-refractivity contribution in [2.24, 2.45) is 0 Å². The third kappa shape index (κ3) is 4.20. The zero-order valence-corrected chi connectivity index (χ0v) is 16.1. The smallest absolute Gasteiger partial charge is 0.251 e. The third-order valence-electron chi connectivity index (χ3n) is 3.83. The summed E-state index contributed by atoms with van der Waals surface area (Å²) < 4.78 is 16.2. The van der Waals surface area contributed by atoms with Gasteiger partial charge in [-0.3, -0.25) is 4.79 Å². The van der Waals surface area contributed by atoms with Crippen molar-refractivity contribution in [3.8, 4) is 22.3 Å². The van der Waals surface area contributed by atoms with Crippen molar-refractivity contribution in [1.82, 2.24) is 10.3 Å². The van der Waals surface area contributed by atoms with Gasteiger partial charge in [-0.15, -0.1) is 11.3 Å². The Bertz CT molecular complexity index is 945. The normalized spacial score (nSPS) is 10.9. The van der Waals surface area contributed by atoms with E-state index in [2.05, 4.69) is 10.3 Å². The summed E-state index contributed by atoms with van der Waals surface area (Å²) in [6.45, 7) is 2.16. The van der Waals surface area contributed by atoms with E-state index in [4.69, 9.17) is 13.9 Å². The Balaban J connectivity index is 1.75. The minimum atomic E-state index is -0.234. The van der Waals surface area contributed by atoms with Crippen LogP contribution in [-0.4, -0.2) is 25.1 Å². The van der Waals surface area contributed by atoms with E-state index in [1.54, 1.807) is 44.0 Å². The lowest BCUT2D eigenvalue weighted by molar-refractivity contribution is 0.0950. The Kier molecular flexibility index (Phi) is 5.93. The molecule has 3 rings (SSSR count). The number of oxazole rings is 1. The summed E-state index contributed by atoms with van der Waals surface area (Å²) in [6.07, 6.45) is 5.29. The van der Waals surface area contributed by atoms with Crippen LogP contribution in [0.2, 0.25) is 0 Å². The molecule has 0 atom stereocenters. The highest BCUT2D eigenvalue weighted by molar-refractivity contribution is 7.13. The number of ether oxygens (including phenoxy) is 2. The number of benzene rings is 1. The van der Waals surface area contributed by atoms with Crippen LogP contribution in [0.4, 0.5) is 0 Å². The van der Waals surface area contributed by atoms with Crippen molar-refractivity contribution < 1.29 is 18.7 Å². The van der Waals surface area contributed by atoms with Gasteiger partial charge in [-0.2, -0.15) is 0 Å². The van der Waals surface area contributed by atoms with Gasteiger partial charge in [0.05, 0.1) is 31.3 Å². The monoisotopic (exact) mass is 384 g/mol. The Morgan fingerprint density at radius 1 is 1.33 bits per heavy atom. The van der Waals surface area contributed by atoms with Gasteiger partial charge in [0, 0.05) is 11.1 Å². The number of hydrogen-bond acceptors (Lipinski definition) is 6. The van der Waals surface area contributed by atoms with Crippen LogP contribution in [0.3, 0.4) is 0 Å². The maximum atomic E-state index is 12.6. The lowest BCUT2D eigenvalue weighted by Gasteiger charge is -2.13. The summed E-state index contributed by atoms with van der Waals surface area (Å²) in [6, 6.07) is 7.29. The number of carbonyl (C=O) groups excluding carboxylic acids is 1. The Morgan fingerprint density at radius 3 is 2.85 bits per heavy atom. The summed E-state index contributed by atoms with van der Waals surface area (Å²) in [4.78, 5) is 17.9. The maximum absolute atomic E-state index is 12.6. The number of methoxy groups -OCH3 is 2. The van der Waals surface area contributed by atoms with Crippen molar-refractivity contribution in [3.63, 3.8) is 0 Å². The fraction of sp³-hybridized carbons (Fsp3) is 0.200. The SMILES string of the molecule is C/C=C/c1cc(C(=O)NCc2coc(-c3cccs3)n2)cc(OC)c1OC. The summed E-state index contributed by atoms with van der Waals surface area (Å²) in [5.74, 6) is 1.40. The largest absolute Gasteiger partial charge is 0.493 e. The average molecular weight is 384 g/mol. The van der Waals surface area contributed by atoms with Crippen molar-refractivity contribution in [2.45, 2.75) is 13.5 Å². The predicted octanol–water partition coefficient (Wildman–Crippen LogP) is 4.38. The molecule has 1 amide bonds. The van der Waals surface area contributed by atoms with E-state index in [0.29, 0.717) is 28.6 Å². The molecule has 0 radical (unpaired) electrons. The third-order valence-corrected chi connectivity index (χ3v) is 4.69. The van der Waals surface area contributed by atoms with Gasteiger partial charge >= 0.3 is 0 Å². The molecule has 0 aliphatic carbocycles. The van der Waals surface area contributed by atoms with Crippen LogP contribution in [0.1, 0.15) is 28.5 Å². The van der Waals surface area contributed by atoms with E-state index in [-0.39, 0.29) is 12.5 Å². The van der Waals surface area contributed by atoms with Gasteiger partial charge < -0.3 is 19.2 Å². The molecule has 2 aromatic heterocycles. The van der Waals surface area contributed by atoms with Gasteiger partial charge in [0.25, 0.3) is 5.91 Å². The van der Waals surface area contributed by atoms with Crippen molar-refractivity contribution in [1.29, 1.82) is 0 Å². The molecular weight excluding hydrogens is 364 g/mol. The first-order valence-electron chi connectivity index (χ1n) is 8.31. The fourth-order valence-electron chi connectivity index (χ4n) is 2.60. The second-order valence-electron chi connectivity index (χ2n) is 5.60. The molecule has 0 aliphatic rings. The quantitative estimate of drug-likeness (QED) is 0.654. The number of nitrogens with zero attached hydrogens (tertiary/aromatic N) is 1. The Hall–Kier alpha value is -3.06. The standard InChI is InChI=1S/C20H20N2O4S/c1-4-6-13-9-14(10-16(24-2)18(13)25-3)19(23)21-11-15-12-26-20(22-15)17-7-5-8-27-17/h4-10,12H,11H2,1-3H3,(H,21,23)/b6-4+. The molecule has 0 unspecified atom stereocenters. The highest BCUT2D eigenvalue weighted by Crippen LogP contribution is 2.33. The minimum absolute atomic E-state index is 0.234. The lowest BCUT2D eigenvalue weighted by Crippen LogP contribution is -2.23. The molecule has 140 valence electrons. The maximum Gasteiger partial charge on any atom is 0.251 e. The number of hydrogen-bond donors (Lipinski definition) is 1.